The molecule has 0 aliphatic heterocycles. The Morgan fingerprint density at radius 3 is 2.60 bits per heavy atom. The predicted molar refractivity (Wildman–Crippen MR) is 43.5 cm³/mol. The van der Waals surface area contributed by atoms with E-state index in [1.165, 1.54) is 0 Å². The van der Waals surface area contributed by atoms with Crippen LogP contribution >= 0.6 is 0 Å². The fraction of sp³-hybridized carbons (Fsp3) is 0.429. The van der Waals surface area contributed by atoms with Crippen LogP contribution in [0.1, 0.15) is 19.8 Å². The lowest BCUT2D eigenvalue weighted by Gasteiger charge is -1.90. The third-order valence-corrected chi connectivity index (χ3v) is 1.83. The van der Waals surface area contributed by atoms with Crippen molar-refractivity contribution in [2.24, 2.45) is 0 Å². The van der Waals surface area contributed by atoms with Gasteiger partial charge in [-0.05, 0) is 19.8 Å². The van der Waals surface area contributed by atoms with Crippen molar-refractivity contribution in [2.45, 2.75) is 19.8 Å². The summed E-state index contributed by atoms with van der Waals surface area (Å²) in [7, 11) is -2.41. The van der Waals surface area contributed by atoms with E-state index in [1.807, 2.05) is 19.1 Å². The second kappa shape index (κ2) is 5.23. The molecule has 10 heavy (non-hydrogen) atoms. The highest BCUT2D eigenvalue weighted by Gasteiger charge is 1.92. The van der Waals surface area contributed by atoms with Crippen molar-refractivity contribution < 1.29 is 8.42 Å². The molecule has 0 saturated heterocycles. The largest absolute Gasteiger partial charge is 0.227 e. The maximum atomic E-state index is 10.2. The summed E-state index contributed by atoms with van der Waals surface area (Å²) >= 11 is 0. The third kappa shape index (κ3) is 4.32. The Balaban J connectivity index is 3.60. The van der Waals surface area contributed by atoms with Gasteiger partial charge < -0.3 is 0 Å². The van der Waals surface area contributed by atoms with E-state index in [9.17, 15) is 8.42 Å². The van der Waals surface area contributed by atoms with Crippen molar-refractivity contribution in [2.75, 3.05) is 0 Å². The molecule has 0 atom stereocenters. The van der Waals surface area contributed by atoms with Crippen LogP contribution in [0.15, 0.2) is 23.6 Å². The summed E-state index contributed by atoms with van der Waals surface area (Å²) < 4.78 is 20.4. The fourth-order valence-electron chi connectivity index (χ4n) is 0.508. The minimum atomic E-state index is -2.41. The van der Waals surface area contributed by atoms with Gasteiger partial charge in [-0.3, -0.25) is 0 Å². The summed E-state index contributed by atoms with van der Waals surface area (Å²) in [6.45, 7) is 5.30. The van der Waals surface area contributed by atoms with Gasteiger partial charge in [0, 0.05) is 4.91 Å². The van der Waals surface area contributed by atoms with E-state index in [2.05, 4.69) is 6.58 Å². The Morgan fingerprint density at radius 2 is 2.20 bits per heavy atom. The topological polar surface area (TPSA) is 34.1 Å². The van der Waals surface area contributed by atoms with Crippen LogP contribution in [0.4, 0.5) is 0 Å². The van der Waals surface area contributed by atoms with E-state index in [0.717, 1.165) is 6.42 Å². The van der Waals surface area contributed by atoms with Crippen molar-refractivity contribution >= 4 is 10.7 Å². The molecule has 0 aromatic rings. The monoisotopic (exact) mass is 160 g/mol. The van der Waals surface area contributed by atoms with Crippen LogP contribution < -0.4 is 0 Å². The summed E-state index contributed by atoms with van der Waals surface area (Å²) in [6, 6.07) is 0. The van der Waals surface area contributed by atoms with E-state index in [1.54, 1.807) is 0 Å². The molecule has 0 fully saturated rings. The Bertz CT molecular complexity index is 194. The minimum absolute atomic E-state index is 0.313. The highest BCUT2D eigenvalue weighted by atomic mass is 32.2. The first-order chi connectivity index (χ1) is 4.68. The lowest BCUT2D eigenvalue weighted by atomic mass is 10.3. The Kier molecular flexibility index (Phi) is 4.94. The molecule has 0 aromatic heterocycles. The van der Waals surface area contributed by atoms with E-state index in [-0.39, 0.29) is 0 Å². The Labute approximate surface area is 63.2 Å². The Hall–Kier alpha value is -0.570. The van der Waals surface area contributed by atoms with Crippen LogP contribution in [0.5, 0.6) is 0 Å². The number of rotatable bonds is 4. The molecular formula is C7H12O2S. The molecule has 0 aromatic carbocycles. The zero-order valence-electron chi connectivity index (χ0n) is 6.04. The molecule has 0 spiro atoms. The standard InChI is InChI=1S/C7H12O2S/c1-3-4-5-6-7(2)10(8)9/h3-4,10H,2,5-6H2,1H3/b4-3-. The first-order valence-electron chi connectivity index (χ1n) is 3.11. The van der Waals surface area contributed by atoms with Crippen molar-refractivity contribution in [1.29, 1.82) is 0 Å². The van der Waals surface area contributed by atoms with Gasteiger partial charge >= 0.3 is 0 Å². The molecule has 0 amide bonds. The number of thiol groups is 1. The van der Waals surface area contributed by atoms with Gasteiger partial charge in [-0.25, -0.2) is 8.42 Å². The van der Waals surface area contributed by atoms with Crippen LogP contribution in [-0.2, 0) is 10.7 Å². The van der Waals surface area contributed by atoms with Gasteiger partial charge in [0.2, 0.25) is 0 Å². The fourth-order valence-corrected chi connectivity index (χ4v) is 0.820. The SMILES string of the molecule is C=C(CC/C=C\C)[SH](=O)=O. The van der Waals surface area contributed by atoms with E-state index in [0.29, 0.717) is 11.3 Å². The lowest BCUT2D eigenvalue weighted by molar-refractivity contribution is 0.618. The van der Waals surface area contributed by atoms with E-state index >= 15 is 0 Å². The van der Waals surface area contributed by atoms with Crippen LogP contribution in [0, 0.1) is 0 Å². The molecule has 0 aliphatic carbocycles. The van der Waals surface area contributed by atoms with Gasteiger partial charge in [0.25, 0.3) is 0 Å². The number of allylic oxidation sites excluding steroid dienone is 3. The van der Waals surface area contributed by atoms with Crippen LogP contribution in [-0.4, -0.2) is 8.42 Å². The lowest BCUT2D eigenvalue weighted by Crippen LogP contribution is -1.81. The molecule has 2 nitrogen and oxygen atoms in total. The average Bonchev–Trinajstić information content (AvgIpc) is 1.88. The minimum Gasteiger partial charge on any atom is -0.227 e. The maximum Gasteiger partial charge on any atom is 0.163 e. The van der Waals surface area contributed by atoms with Crippen LogP contribution in [0.2, 0.25) is 0 Å². The van der Waals surface area contributed by atoms with Gasteiger partial charge in [0.05, 0.1) is 0 Å². The zero-order chi connectivity index (χ0) is 7.98. The molecule has 0 aliphatic rings. The molecule has 0 saturated carbocycles. The smallest absolute Gasteiger partial charge is 0.163 e. The van der Waals surface area contributed by atoms with Gasteiger partial charge in [-0.15, -0.1) is 0 Å². The molecule has 0 N–H and O–H groups in total. The number of hydrogen-bond donors (Lipinski definition) is 1. The average molecular weight is 160 g/mol. The predicted octanol–water partition coefficient (Wildman–Crippen LogP) is 1.47. The normalized spacial score (nSPS) is 11.0. The van der Waals surface area contributed by atoms with E-state index < -0.39 is 10.7 Å². The second-order valence-corrected chi connectivity index (χ2v) is 3.08. The van der Waals surface area contributed by atoms with Gasteiger partial charge in [0.15, 0.2) is 10.7 Å². The molecule has 0 unspecified atom stereocenters. The van der Waals surface area contributed by atoms with Crippen molar-refractivity contribution in [1.82, 2.24) is 0 Å². The van der Waals surface area contributed by atoms with Crippen molar-refractivity contribution in [3.63, 3.8) is 0 Å². The highest BCUT2D eigenvalue weighted by molar-refractivity contribution is 7.76. The third-order valence-electron chi connectivity index (χ3n) is 1.09. The first kappa shape index (κ1) is 9.43. The molecule has 58 valence electrons. The maximum absolute atomic E-state index is 10.2. The quantitative estimate of drug-likeness (QED) is 0.499. The molecular weight excluding hydrogens is 148 g/mol. The van der Waals surface area contributed by atoms with Crippen LogP contribution in [0.3, 0.4) is 0 Å². The van der Waals surface area contributed by atoms with Crippen molar-refractivity contribution in [3.8, 4) is 0 Å². The summed E-state index contributed by atoms with van der Waals surface area (Å²) in [5, 5.41) is 0. The summed E-state index contributed by atoms with van der Waals surface area (Å²) in [5.74, 6) is 0. The molecule has 0 bridgehead atoms. The van der Waals surface area contributed by atoms with Gasteiger partial charge in [-0.1, -0.05) is 18.7 Å². The molecule has 0 heterocycles. The zero-order valence-corrected chi connectivity index (χ0v) is 6.93. The summed E-state index contributed by atoms with van der Waals surface area (Å²) in [5.41, 5.74) is 0. The van der Waals surface area contributed by atoms with Gasteiger partial charge in [-0.2, -0.15) is 0 Å². The number of hydrogen-bond acceptors (Lipinski definition) is 2. The van der Waals surface area contributed by atoms with Crippen LogP contribution in [0.25, 0.3) is 0 Å². The van der Waals surface area contributed by atoms with E-state index in [4.69, 9.17) is 0 Å². The first-order valence-corrected chi connectivity index (χ1v) is 4.29. The Morgan fingerprint density at radius 1 is 1.60 bits per heavy atom. The molecule has 0 radical (unpaired) electrons. The summed E-state index contributed by atoms with van der Waals surface area (Å²) in [4.78, 5) is 0.313. The highest BCUT2D eigenvalue weighted by Crippen LogP contribution is 2.02. The molecule has 3 heteroatoms. The van der Waals surface area contributed by atoms with Crippen molar-refractivity contribution in [3.05, 3.63) is 23.6 Å². The van der Waals surface area contributed by atoms with Gasteiger partial charge in [0.1, 0.15) is 0 Å². The molecule has 0 rings (SSSR count). The second-order valence-electron chi connectivity index (χ2n) is 1.93. The summed E-state index contributed by atoms with van der Waals surface area (Å²) in [6.07, 6.45) is 5.12.